The van der Waals surface area contributed by atoms with E-state index in [2.05, 4.69) is 49.2 Å². The lowest BCUT2D eigenvalue weighted by molar-refractivity contribution is -0.153. The first-order valence-electron chi connectivity index (χ1n) is 22.6. The summed E-state index contributed by atoms with van der Waals surface area (Å²) in [4.78, 5) is 30.8. The van der Waals surface area contributed by atoms with Crippen molar-refractivity contribution < 1.29 is 32.7 Å². The third-order valence-electron chi connectivity index (χ3n) is 13.5. The van der Waals surface area contributed by atoms with Crippen LogP contribution in [-0.2, 0) is 27.9 Å². The smallest absolute Gasteiger partial charge is 0.408 e. The molecule has 7 N–H and O–H groups in total. The molecule has 0 radical (unpaired) electrons. The number of fused-ring (bicyclic) bond motifs is 5. The highest BCUT2D eigenvalue weighted by Crippen LogP contribution is 2.67. The number of unbranched alkanes of at least 4 members (excludes halogenated alkanes) is 1. The monoisotopic (exact) mass is 899 g/mol. The molecule has 0 aromatic rings. The second-order valence-corrected chi connectivity index (χ2v) is 24.0. The van der Waals surface area contributed by atoms with Crippen molar-refractivity contribution in [3.05, 3.63) is 11.6 Å². The predicted molar refractivity (Wildman–Crippen MR) is 247 cm³/mol. The van der Waals surface area contributed by atoms with Crippen molar-refractivity contribution in [2.45, 2.75) is 163 Å². The largest absolute Gasteiger partial charge is 0.460 e. The molecule has 9 unspecified atom stereocenters. The lowest BCUT2D eigenvalue weighted by Crippen LogP contribution is -2.51. The number of aliphatic imine (C=N–C) groups is 1. The molecule has 0 bridgehead atoms. The molecule has 3 fully saturated rings. The molecule has 0 heterocycles. The maximum atomic E-state index is 13.8. The van der Waals surface area contributed by atoms with Gasteiger partial charge in [-0.25, -0.2) is 19.2 Å². The van der Waals surface area contributed by atoms with Crippen LogP contribution in [-0.4, -0.2) is 79.3 Å². The standard InChI is InChI=1S/C44H79N6O7PS2/c1-30(2)12-9-10-13-32-16-18-36-35-17-15-33-28-34(19-21-44(33,8)37(35)20-22-43(32,36)7)56-40(51)38(50-41(52)57-42(4,5)6)29-60-59-27-24-49-58(53,54-25-11-14-39(46)47)55-26-23-48-31(3)45/h15,30,32,34-38H,9-14,16-29H2,1-8H3,(H2,45,48)(H3,46,47)(H,49,53)(H,50,52). The Morgan fingerprint density at radius 3 is 2.48 bits per heavy atom. The lowest BCUT2D eigenvalue weighted by Gasteiger charge is -2.58. The number of nitrogens with two attached hydrogens (primary N) is 2. The Morgan fingerprint density at radius 2 is 1.78 bits per heavy atom. The first-order valence-corrected chi connectivity index (χ1v) is 26.7. The Labute approximate surface area is 369 Å². The van der Waals surface area contributed by atoms with Crippen LogP contribution in [0.2, 0.25) is 0 Å². The number of hydrogen-bond donors (Lipinski definition) is 5. The molecule has 0 aliphatic heterocycles. The van der Waals surface area contributed by atoms with Crippen LogP contribution in [0.25, 0.3) is 0 Å². The van der Waals surface area contributed by atoms with E-state index in [9.17, 15) is 14.2 Å². The zero-order valence-electron chi connectivity index (χ0n) is 38.0. The fraction of sp³-hybridized carbons (Fsp3) is 0.864. The number of alkyl carbamates (subject to hydrolysis) is 1. The highest BCUT2D eigenvalue weighted by Gasteiger charge is 2.58. The van der Waals surface area contributed by atoms with E-state index >= 15 is 0 Å². The Kier molecular flexibility index (Phi) is 19.7. The molecular weight excluding hydrogens is 820 g/mol. The summed E-state index contributed by atoms with van der Waals surface area (Å²) >= 11 is 0. The minimum absolute atomic E-state index is 0.0275. The summed E-state index contributed by atoms with van der Waals surface area (Å²) in [5.74, 6) is 4.62. The van der Waals surface area contributed by atoms with E-state index in [-0.39, 0.29) is 49.4 Å². The highest BCUT2D eigenvalue weighted by atomic mass is 33.1. The van der Waals surface area contributed by atoms with Gasteiger partial charge in [0.05, 0.1) is 31.4 Å². The van der Waals surface area contributed by atoms with Crippen LogP contribution in [0.1, 0.15) is 145 Å². The van der Waals surface area contributed by atoms with Gasteiger partial charge in [0.2, 0.25) is 0 Å². The van der Waals surface area contributed by atoms with Crippen LogP contribution in [0.15, 0.2) is 16.6 Å². The van der Waals surface area contributed by atoms with Crippen molar-refractivity contribution in [3.8, 4) is 0 Å². The molecule has 16 heteroatoms. The number of nitrogens with zero attached hydrogens (tertiary/aromatic N) is 1. The van der Waals surface area contributed by atoms with Crippen molar-refractivity contribution in [2.24, 2.45) is 56.9 Å². The number of hydrogen-bond acceptors (Lipinski definition) is 11. The molecule has 9 atom stereocenters. The minimum Gasteiger partial charge on any atom is -0.460 e. The van der Waals surface area contributed by atoms with Gasteiger partial charge >= 0.3 is 19.8 Å². The molecule has 1 amide bonds. The summed E-state index contributed by atoms with van der Waals surface area (Å²) in [7, 11) is -0.805. The SMILES string of the molecule is CC(N)=NCCOP(=O)(NCCSSCC(NC(=O)OC(C)(C)C)C(=O)OC1CCC2(C)C(=CCC3C2CCC2(C)C(CCCCC(C)C)CCC32)C1)OCCCC(=N)N. The van der Waals surface area contributed by atoms with E-state index in [0.717, 1.165) is 49.4 Å². The molecule has 0 saturated heterocycles. The number of nitrogens with one attached hydrogen (secondary N) is 3. The van der Waals surface area contributed by atoms with Crippen molar-refractivity contribution in [3.63, 3.8) is 0 Å². The number of ether oxygens (including phenoxy) is 2. The van der Waals surface area contributed by atoms with Gasteiger partial charge in [0.15, 0.2) is 0 Å². The second kappa shape index (κ2) is 23.2. The van der Waals surface area contributed by atoms with E-state index in [1.54, 1.807) is 27.7 Å². The maximum absolute atomic E-state index is 13.8. The zero-order chi connectivity index (χ0) is 44.1. The predicted octanol–water partition coefficient (Wildman–Crippen LogP) is 9.79. The summed E-state index contributed by atoms with van der Waals surface area (Å²) < 4.78 is 36.3. The summed E-state index contributed by atoms with van der Waals surface area (Å²) in [6, 6.07) is -0.911. The number of carbonyl (C=O) groups is 2. The third kappa shape index (κ3) is 15.2. The molecule has 344 valence electrons. The Hall–Kier alpha value is -1.77. The van der Waals surface area contributed by atoms with E-state index < -0.39 is 31.5 Å². The number of amidine groups is 2. The summed E-state index contributed by atoms with van der Waals surface area (Å²) in [6.45, 7) is 17.5. The van der Waals surface area contributed by atoms with E-state index in [4.69, 9.17) is 35.4 Å². The molecule has 3 saturated carbocycles. The Balaban J connectivity index is 1.31. The number of amides is 1. The third-order valence-corrected chi connectivity index (χ3v) is 17.5. The van der Waals surface area contributed by atoms with Gasteiger partial charge in [0, 0.05) is 30.9 Å². The van der Waals surface area contributed by atoms with E-state index in [0.29, 0.717) is 35.8 Å². The lowest BCUT2D eigenvalue weighted by atomic mass is 9.47. The van der Waals surface area contributed by atoms with Crippen LogP contribution in [0.5, 0.6) is 0 Å². The molecule has 0 aromatic heterocycles. The molecule has 60 heavy (non-hydrogen) atoms. The van der Waals surface area contributed by atoms with Gasteiger partial charge in [0.25, 0.3) is 0 Å². The first-order chi connectivity index (χ1) is 28.2. The average Bonchev–Trinajstić information content (AvgIpc) is 3.49. The van der Waals surface area contributed by atoms with Crippen LogP contribution < -0.4 is 21.9 Å². The molecule has 0 aromatic carbocycles. The summed E-state index contributed by atoms with van der Waals surface area (Å²) in [5, 5.41) is 13.1. The van der Waals surface area contributed by atoms with E-state index in [1.807, 2.05) is 0 Å². The van der Waals surface area contributed by atoms with Gasteiger partial charge in [0.1, 0.15) is 17.7 Å². The van der Waals surface area contributed by atoms with Gasteiger partial charge in [-0.2, -0.15) is 0 Å². The molecule has 4 aliphatic carbocycles. The Bertz CT molecular complexity index is 1540. The molecular formula is C44H79N6O7PS2. The molecule has 4 aliphatic rings. The number of rotatable bonds is 24. The van der Waals surface area contributed by atoms with Crippen molar-refractivity contribution in [2.75, 3.05) is 37.8 Å². The summed E-state index contributed by atoms with van der Waals surface area (Å²) in [5.41, 5.74) is 12.4. The summed E-state index contributed by atoms with van der Waals surface area (Å²) in [6.07, 6.45) is 17.0. The topological polar surface area (TPSA) is 200 Å². The van der Waals surface area contributed by atoms with Gasteiger partial charge in [-0.05, 0) is 126 Å². The van der Waals surface area contributed by atoms with Crippen molar-refractivity contribution >= 4 is 53.1 Å². The quantitative estimate of drug-likeness (QED) is 0.0117. The van der Waals surface area contributed by atoms with Crippen LogP contribution in [0, 0.1) is 45.8 Å². The Morgan fingerprint density at radius 1 is 1.03 bits per heavy atom. The molecule has 0 spiro atoms. The molecule has 4 rings (SSSR count). The van der Waals surface area contributed by atoms with Crippen molar-refractivity contribution in [1.29, 1.82) is 5.41 Å². The van der Waals surface area contributed by atoms with Crippen molar-refractivity contribution in [1.82, 2.24) is 10.4 Å². The van der Waals surface area contributed by atoms with Crippen LogP contribution in [0.3, 0.4) is 0 Å². The van der Waals surface area contributed by atoms with E-state index in [1.165, 1.54) is 78.5 Å². The highest BCUT2D eigenvalue weighted by molar-refractivity contribution is 8.76. The number of allylic oxidation sites excluding steroid dienone is 1. The average molecular weight is 899 g/mol. The van der Waals surface area contributed by atoms with Crippen LogP contribution >= 0.6 is 29.3 Å². The van der Waals surface area contributed by atoms with Gasteiger partial charge in [-0.3, -0.25) is 19.4 Å². The van der Waals surface area contributed by atoms with Gasteiger partial charge in [-0.1, -0.05) is 80.2 Å². The van der Waals surface area contributed by atoms with Gasteiger partial charge in [-0.15, -0.1) is 0 Å². The minimum atomic E-state index is -3.67. The number of esters is 1. The second-order valence-electron chi connectivity index (χ2n) is 19.6. The normalized spacial score (nSPS) is 29.4. The number of carbonyl (C=O) groups excluding carboxylic acids is 2. The fourth-order valence-electron chi connectivity index (χ4n) is 10.5. The maximum Gasteiger partial charge on any atom is 0.408 e. The van der Waals surface area contributed by atoms with Gasteiger partial charge < -0.3 is 26.3 Å². The first kappa shape index (κ1) is 50.9. The zero-order valence-corrected chi connectivity index (χ0v) is 40.5. The molecule has 13 nitrogen and oxygen atoms in total. The fourth-order valence-corrected chi connectivity index (χ4v) is 14.0. The van der Waals surface area contributed by atoms with Crippen LogP contribution in [0.4, 0.5) is 4.79 Å².